The smallest absolute Gasteiger partial charge is 0.226 e. The Kier molecular flexibility index (Phi) is 7.52. The van der Waals surface area contributed by atoms with E-state index in [0.717, 1.165) is 22.8 Å². The lowest BCUT2D eigenvalue weighted by Gasteiger charge is -2.44. The van der Waals surface area contributed by atoms with Gasteiger partial charge in [-0.2, -0.15) is 0 Å². The van der Waals surface area contributed by atoms with Gasteiger partial charge in [0.05, 0.1) is 33.4 Å². The van der Waals surface area contributed by atoms with Crippen molar-refractivity contribution in [3.8, 4) is 27.8 Å². The number of ether oxygens (including phenoxy) is 3. The number of piperidine rings is 2. The van der Waals surface area contributed by atoms with Crippen molar-refractivity contribution in [1.82, 2.24) is 15.2 Å². The van der Waals surface area contributed by atoms with Gasteiger partial charge in [-0.3, -0.25) is 4.79 Å². The maximum absolute atomic E-state index is 12.6. The second-order valence-corrected chi connectivity index (χ2v) is 9.40. The summed E-state index contributed by atoms with van der Waals surface area (Å²) in [6, 6.07) is 4.40. The van der Waals surface area contributed by atoms with Crippen LogP contribution < -0.4 is 19.5 Å². The first-order chi connectivity index (χ1) is 15.6. The first kappa shape index (κ1) is 22.9. The zero-order chi connectivity index (χ0) is 22.5. The molecule has 1 N–H and O–H groups in total. The Hall–Kier alpha value is -2.32. The number of carbonyl (C=O) groups is 1. The lowest BCUT2D eigenvalue weighted by molar-refractivity contribution is -0.120. The van der Waals surface area contributed by atoms with E-state index in [9.17, 15) is 4.79 Å². The summed E-state index contributed by atoms with van der Waals surface area (Å²) in [4.78, 5) is 19.9. The highest BCUT2D eigenvalue weighted by molar-refractivity contribution is 7.13. The van der Waals surface area contributed by atoms with Gasteiger partial charge in [0, 0.05) is 23.5 Å². The van der Waals surface area contributed by atoms with Crippen molar-refractivity contribution in [1.29, 1.82) is 0 Å². The fourth-order valence-corrected chi connectivity index (χ4v) is 5.82. The molecule has 32 heavy (non-hydrogen) atoms. The molecule has 0 saturated carbocycles. The summed E-state index contributed by atoms with van der Waals surface area (Å²) in [5, 5.41) is 5.94. The second kappa shape index (κ2) is 10.5. The van der Waals surface area contributed by atoms with Crippen molar-refractivity contribution in [2.75, 3.05) is 41.0 Å². The minimum absolute atomic E-state index is 0.0414. The number of benzene rings is 1. The van der Waals surface area contributed by atoms with Crippen LogP contribution in [0.4, 0.5) is 0 Å². The number of amides is 1. The molecule has 3 heterocycles. The fraction of sp³-hybridized carbons (Fsp3) is 0.583. The molecule has 7 nitrogen and oxygen atoms in total. The summed E-state index contributed by atoms with van der Waals surface area (Å²) >= 11 is 1.51. The van der Waals surface area contributed by atoms with Crippen LogP contribution in [0.15, 0.2) is 17.5 Å². The van der Waals surface area contributed by atoms with Crippen LogP contribution in [-0.2, 0) is 11.2 Å². The third-order valence-corrected chi connectivity index (χ3v) is 7.54. The van der Waals surface area contributed by atoms with Crippen molar-refractivity contribution < 1.29 is 19.0 Å². The van der Waals surface area contributed by atoms with E-state index < -0.39 is 0 Å². The summed E-state index contributed by atoms with van der Waals surface area (Å²) in [5.41, 5.74) is 1.65. The van der Waals surface area contributed by atoms with Crippen LogP contribution in [0, 0.1) is 5.92 Å². The Morgan fingerprint density at radius 2 is 1.84 bits per heavy atom. The van der Waals surface area contributed by atoms with Crippen LogP contribution in [-0.4, -0.2) is 62.8 Å². The van der Waals surface area contributed by atoms with Crippen LogP contribution in [0.5, 0.6) is 17.2 Å². The number of rotatable bonds is 8. The van der Waals surface area contributed by atoms with E-state index in [1.54, 1.807) is 21.3 Å². The molecule has 2 aliphatic rings. The van der Waals surface area contributed by atoms with Gasteiger partial charge in [0.15, 0.2) is 11.5 Å². The van der Waals surface area contributed by atoms with Crippen molar-refractivity contribution >= 4 is 17.2 Å². The average molecular weight is 460 g/mol. The molecule has 2 saturated heterocycles. The molecule has 1 aromatic carbocycles. The molecule has 174 valence electrons. The highest BCUT2D eigenvalue weighted by Crippen LogP contribution is 2.41. The molecule has 2 atom stereocenters. The monoisotopic (exact) mass is 459 g/mol. The molecule has 2 aromatic rings. The van der Waals surface area contributed by atoms with E-state index in [1.807, 2.05) is 17.5 Å². The van der Waals surface area contributed by atoms with E-state index in [2.05, 4.69) is 15.2 Å². The van der Waals surface area contributed by atoms with Gasteiger partial charge in [-0.05, 0) is 56.8 Å². The molecular formula is C24H33N3O4S. The molecule has 2 unspecified atom stereocenters. The highest BCUT2D eigenvalue weighted by atomic mass is 32.1. The Morgan fingerprint density at radius 1 is 1.09 bits per heavy atom. The van der Waals surface area contributed by atoms with E-state index in [-0.39, 0.29) is 5.91 Å². The topological polar surface area (TPSA) is 72.9 Å². The molecule has 0 radical (unpaired) electrons. The number of nitrogens with one attached hydrogen (secondary N) is 1. The summed E-state index contributed by atoms with van der Waals surface area (Å²) in [7, 11) is 4.77. The Morgan fingerprint density at radius 3 is 2.56 bits per heavy atom. The van der Waals surface area contributed by atoms with Crippen LogP contribution in [0.2, 0.25) is 0 Å². The first-order valence-corrected chi connectivity index (χ1v) is 12.3. The number of methoxy groups -OCH3 is 3. The minimum Gasteiger partial charge on any atom is -0.493 e. The zero-order valence-corrected chi connectivity index (χ0v) is 20.0. The number of aromatic nitrogens is 1. The summed E-state index contributed by atoms with van der Waals surface area (Å²) in [6.07, 6.45) is 6.64. The Balaban J connectivity index is 1.37. The van der Waals surface area contributed by atoms with Crippen LogP contribution >= 0.6 is 11.3 Å². The summed E-state index contributed by atoms with van der Waals surface area (Å²) in [5.74, 6) is 2.33. The molecule has 2 aliphatic heterocycles. The number of hydrogen-bond donors (Lipinski definition) is 1. The van der Waals surface area contributed by atoms with Crippen molar-refractivity contribution in [3.05, 3.63) is 23.2 Å². The normalized spacial score (nSPS) is 21.0. The highest BCUT2D eigenvalue weighted by Gasteiger charge is 2.32. The van der Waals surface area contributed by atoms with Crippen LogP contribution in [0.25, 0.3) is 10.6 Å². The van der Waals surface area contributed by atoms with Gasteiger partial charge in [0.25, 0.3) is 0 Å². The van der Waals surface area contributed by atoms with Crippen LogP contribution in [0.1, 0.15) is 37.8 Å². The second-order valence-electron chi connectivity index (χ2n) is 8.54. The number of carbonyl (C=O) groups excluding carboxylic acids is 1. The third-order valence-electron chi connectivity index (χ3n) is 6.60. The summed E-state index contributed by atoms with van der Waals surface area (Å²) < 4.78 is 16.3. The lowest BCUT2D eigenvalue weighted by Crippen LogP contribution is -2.51. The van der Waals surface area contributed by atoms with Gasteiger partial charge in [-0.1, -0.05) is 6.42 Å². The molecular weight excluding hydrogens is 426 g/mol. The first-order valence-electron chi connectivity index (χ1n) is 11.4. The summed E-state index contributed by atoms with van der Waals surface area (Å²) in [6.45, 7) is 3.21. The Bertz CT molecular complexity index is 905. The van der Waals surface area contributed by atoms with Crippen molar-refractivity contribution in [2.45, 2.75) is 44.6 Å². The molecule has 8 heteroatoms. The molecule has 0 bridgehead atoms. The Labute approximate surface area is 194 Å². The van der Waals surface area contributed by atoms with Gasteiger partial charge in [0.1, 0.15) is 5.01 Å². The lowest BCUT2D eigenvalue weighted by atomic mass is 9.83. The van der Waals surface area contributed by atoms with Crippen molar-refractivity contribution in [2.24, 2.45) is 5.92 Å². The molecule has 2 fully saturated rings. The number of nitrogens with zero attached hydrogens (tertiary/aromatic N) is 2. The zero-order valence-electron chi connectivity index (χ0n) is 19.2. The van der Waals surface area contributed by atoms with Gasteiger partial charge in [-0.15, -0.1) is 11.3 Å². The number of thiazole rings is 1. The SMILES string of the molecule is COc1cc(-c2nc(CC(=O)NCC3CCCN4CCCCC34)cs2)cc(OC)c1OC. The molecule has 0 aliphatic carbocycles. The fourth-order valence-electron chi connectivity index (χ4n) is 5.01. The predicted octanol–water partition coefficient (Wildman–Crippen LogP) is 3.76. The number of hydrogen-bond acceptors (Lipinski definition) is 7. The molecule has 1 aromatic heterocycles. The van der Waals surface area contributed by atoms with E-state index >= 15 is 0 Å². The van der Waals surface area contributed by atoms with Gasteiger partial charge >= 0.3 is 0 Å². The molecule has 4 rings (SSSR count). The third kappa shape index (κ3) is 5.02. The number of fused-ring (bicyclic) bond motifs is 1. The maximum atomic E-state index is 12.6. The maximum Gasteiger partial charge on any atom is 0.226 e. The van der Waals surface area contributed by atoms with E-state index in [4.69, 9.17) is 14.2 Å². The molecule has 0 spiro atoms. The molecule has 1 amide bonds. The van der Waals surface area contributed by atoms with Crippen LogP contribution in [0.3, 0.4) is 0 Å². The van der Waals surface area contributed by atoms with Gasteiger partial charge in [0.2, 0.25) is 11.7 Å². The van der Waals surface area contributed by atoms with Gasteiger partial charge < -0.3 is 24.4 Å². The van der Waals surface area contributed by atoms with E-state index in [0.29, 0.717) is 35.6 Å². The standard InChI is InChI=1S/C24H33N3O4S/c1-29-20-11-17(12-21(30-2)23(20)31-3)24-26-18(15-32-24)13-22(28)25-14-16-7-6-10-27-9-5-4-8-19(16)27/h11-12,15-16,19H,4-10,13-14H2,1-3H3,(H,25,28). The quantitative estimate of drug-likeness (QED) is 0.648. The van der Waals surface area contributed by atoms with Gasteiger partial charge in [-0.25, -0.2) is 4.98 Å². The largest absolute Gasteiger partial charge is 0.493 e. The van der Waals surface area contributed by atoms with E-state index in [1.165, 1.54) is 56.5 Å². The average Bonchev–Trinajstić information content (AvgIpc) is 3.30. The van der Waals surface area contributed by atoms with Crippen molar-refractivity contribution in [3.63, 3.8) is 0 Å². The predicted molar refractivity (Wildman–Crippen MR) is 126 cm³/mol. The minimum atomic E-state index is 0.0414.